The Hall–Kier alpha value is -2.60. The molecule has 0 aromatic heterocycles. The third kappa shape index (κ3) is 4.43. The van der Waals surface area contributed by atoms with Crippen molar-refractivity contribution in [1.82, 2.24) is 0 Å². The Labute approximate surface area is 138 Å². The third-order valence-electron chi connectivity index (χ3n) is 3.10. The highest BCUT2D eigenvalue weighted by Gasteiger charge is 2.21. The second-order valence-corrected chi connectivity index (χ2v) is 5.42. The summed E-state index contributed by atoms with van der Waals surface area (Å²) in [6.07, 6.45) is -0.896. The van der Waals surface area contributed by atoms with Crippen molar-refractivity contribution in [3.63, 3.8) is 0 Å². The smallest absolute Gasteiger partial charge is 0.311 e. The van der Waals surface area contributed by atoms with Crippen LogP contribution in [0.5, 0.6) is 5.75 Å². The van der Waals surface area contributed by atoms with Crippen LogP contribution in [0.25, 0.3) is 0 Å². The number of hydrogen-bond acceptors (Lipinski definition) is 4. The van der Waals surface area contributed by atoms with Gasteiger partial charge in [-0.3, -0.25) is 14.9 Å². The van der Waals surface area contributed by atoms with Crippen molar-refractivity contribution in [2.24, 2.45) is 0 Å². The first-order valence-corrected chi connectivity index (χ1v) is 7.23. The van der Waals surface area contributed by atoms with E-state index in [2.05, 4.69) is 5.32 Å². The van der Waals surface area contributed by atoms with Gasteiger partial charge in [-0.15, -0.1) is 0 Å². The normalized spacial score (nSPS) is 11.6. The van der Waals surface area contributed by atoms with Crippen LogP contribution in [0, 0.1) is 17.0 Å². The molecule has 0 unspecified atom stereocenters. The van der Waals surface area contributed by atoms with Crippen molar-refractivity contribution in [1.29, 1.82) is 0 Å². The van der Waals surface area contributed by atoms with E-state index in [1.54, 1.807) is 37.3 Å². The molecule has 0 bridgehead atoms. The molecule has 23 heavy (non-hydrogen) atoms. The predicted molar refractivity (Wildman–Crippen MR) is 88.0 cm³/mol. The van der Waals surface area contributed by atoms with Crippen molar-refractivity contribution in [3.8, 4) is 5.75 Å². The fourth-order valence-electron chi connectivity index (χ4n) is 1.89. The number of carbonyl (C=O) groups is 1. The number of carbonyl (C=O) groups excluding carboxylic acids is 1. The summed E-state index contributed by atoms with van der Waals surface area (Å²) in [4.78, 5) is 22.6. The van der Waals surface area contributed by atoms with Gasteiger partial charge < -0.3 is 10.1 Å². The first-order chi connectivity index (χ1) is 10.9. The number of hydrogen-bond donors (Lipinski definition) is 1. The van der Waals surface area contributed by atoms with Crippen LogP contribution in [0.4, 0.5) is 11.4 Å². The molecule has 0 saturated heterocycles. The van der Waals surface area contributed by atoms with Crippen LogP contribution >= 0.6 is 11.6 Å². The lowest BCUT2D eigenvalue weighted by Crippen LogP contribution is -2.30. The second kappa shape index (κ2) is 7.11. The standard InChI is InChI=1S/C16H15ClN2O4/c1-10-3-8-15(14(9-10)19(21)22)23-11(2)16(20)18-13-6-4-12(17)5-7-13/h3-9,11H,1-2H3,(H,18,20)/t11-/m1/s1. The average molecular weight is 335 g/mol. The van der Waals surface area contributed by atoms with Gasteiger partial charge >= 0.3 is 5.69 Å². The van der Waals surface area contributed by atoms with Crippen molar-refractivity contribution in [2.75, 3.05) is 5.32 Å². The summed E-state index contributed by atoms with van der Waals surface area (Å²) >= 11 is 5.78. The van der Waals surface area contributed by atoms with Crippen molar-refractivity contribution < 1.29 is 14.5 Å². The molecule has 1 N–H and O–H groups in total. The summed E-state index contributed by atoms with van der Waals surface area (Å²) in [6, 6.07) is 11.2. The van der Waals surface area contributed by atoms with E-state index in [4.69, 9.17) is 16.3 Å². The lowest BCUT2D eigenvalue weighted by molar-refractivity contribution is -0.386. The summed E-state index contributed by atoms with van der Waals surface area (Å²) in [5.41, 5.74) is 1.13. The molecule has 2 aromatic rings. The molecule has 0 aliphatic heterocycles. The summed E-state index contributed by atoms with van der Waals surface area (Å²) in [7, 11) is 0. The van der Waals surface area contributed by atoms with Crippen LogP contribution in [0.2, 0.25) is 5.02 Å². The number of ether oxygens (including phenoxy) is 1. The summed E-state index contributed by atoms with van der Waals surface area (Å²) < 4.78 is 5.44. The highest BCUT2D eigenvalue weighted by atomic mass is 35.5. The summed E-state index contributed by atoms with van der Waals surface area (Å²) in [5, 5.41) is 14.3. The Kier molecular flexibility index (Phi) is 5.18. The number of aryl methyl sites for hydroxylation is 1. The third-order valence-corrected chi connectivity index (χ3v) is 3.35. The number of benzene rings is 2. The first-order valence-electron chi connectivity index (χ1n) is 6.85. The van der Waals surface area contributed by atoms with Crippen LogP contribution in [0.1, 0.15) is 12.5 Å². The average Bonchev–Trinajstić information content (AvgIpc) is 2.51. The molecule has 0 fully saturated rings. The first kappa shape index (κ1) is 16.8. The van der Waals surface area contributed by atoms with Crippen LogP contribution in [-0.4, -0.2) is 16.9 Å². The zero-order valence-electron chi connectivity index (χ0n) is 12.6. The zero-order valence-corrected chi connectivity index (χ0v) is 13.3. The van der Waals surface area contributed by atoms with Crippen molar-refractivity contribution >= 4 is 28.9 Å². The molecule has 0 spiro atoms. The van der Waals surface area contributed by atoms with E-state index in [1.807, 2.05) is 0 Å². The van der Waals surface area contributed by atoms with Gasteiger partial charge in [0.05, 0.1) is 4.92 Å². The molecular weight excluding hydrogens is 320 g/mol. The van der Waals surface area contributed by atoms with Gasteiger partial charge in [0.15, 0.2) is 11.9 Å². The van der Waals surface area contributed by atoms with Gasteiger partial charge in [-0.25, -0.2) is 0 Å². The van der Waals surface area contributed by atoms with E-state index in [9.17, 15) is 14.9 Å². The Morgan fingerprint density at radius 3 is 2.52 bits per heavy atom. The molecule has 7 heteroatoms. The lowest BCUT2D eigenvalue weighted by Gasteiger charge is -2.15. The Morgan fingerprint density at radius 2 is 1.91 bits per heavy atom. The van der Waals surface area contributed by atoms with E-state index in [-0.39, 0.29) is 11.4 Å². The topological polar surface area (TPSA) is 81.5 Å². The molecule has 2 rings (SSSR count). The molecule has 0 aliphatic rings. The number of amides is 1. The maximum absolute atomic E-state index is 12.1. The predicted octanol–water partition coefficient (Wildman–Crippen LogP) is 3.96. The number of rotatable bonds is 5. The van der Waals surface area contributed by atoms with Gasteiger partial charge in [0.2, 0.25) is 0 Å². The second-order valence-electron chi connectivity index (χ2n) is 4.98. The van der Waals surface area contributed by atoms with E-state index in [0.717, 1.165) is 5.56 Å². The van der Waals surface area contributed by atoms with Crippen LogP contribution in [0.3, 0.4) is 0 Å². The van der Waals surface area contributed by atoms with E-state index in [1.165, 1.54) is 19.1 Å². The maximum Gasteiger partial charge on any atom is 0.311 e. The zero-order chi connectivity index (χ0) is 17.0. The van der Waals surface area contributed by atoms with Gasteiger partial charge in [-0.05, 0) is 49.7 Å². The fraction of sp³-hybridized carbons (Fsp3) is 0.188. The van der Waals surface area contributed by atoms with Gasteiger partial charge in [0, 0.05) is 16.8 Å². The van der Waals surface area contributed by atoms with Crippen LogP contribution in [-0.2, 0) is 4.79 Å². The number of nitro groups is 1. The van der Waals surface area contributed by atoms with Gasteiger partial charge in [-0.1, -0.05) is 17.7 Å². The Balaban J connectivity index is 2.09. The lowest BCUT2D eigenvalue weighted by atomic mass is 10.2. The molecule has 120 valence electrons. The van der Waals surface area contributed by atoms with E-state index >= 15 is 0 Å². The monoisotopic (exact) mass is 334 g/mol. The van der Waals surface area contributed by atoms with Crippen LogP contribution in [0.15, 0.2) is 42.5 Å². The SMILES string of the molecule is Cc1ccc(O[C@H](C)C(=O)Nc2ccc(Cl)cc2)c([N+](=O)[O-])c1. The molecule has 1 amide bonds. The molecule has 0 heterocycles. The highest BCUT2D eigenvalue weighted by Crippen LogP contribution is 2.28. The molecule has 0 aliphatic carbocycles. The Morgan fingerprint density at radius 1 is 1.26 bits per heavy atom. The number of anilines is 1. The number of halogens is 1. The fourth-order valence-corrected chi connectivity index (χ4v) is 2.02. The van der Waals surface area contributed by atoms with Gasteiger partial charge in [0.25, 0.3) is 5.91 Å². The van der Waals surface area contributed by atoms with Crippen LogP contribution < -0.4 is 10.1 Å². The van der Waals surface area contributed by atoms with E-state index < -0.39 is 16.9 Å². The minimum atomic E-state index is -0.896. The van der Waals surface area contributed by atoms with Crippen molar-refractivity contribution in [2.45, 2.75) is 20.0 Å². The molecular formula is C16H15ClN2O4. The molecule has 1 atom stereocenters. The van der Waals surface area contributed by atoms with E-state index in [0.29, 0.717) is 10.7 Å². The van der Waals surface area contributed by atoms with Gasteiger partial charge in [-0.2, -0.15) is 0 Å². The van der Waals surface area contributed by atoms with Crippen molar-refractivity contribution in [3.05, 3.63) is 63.2 Å². The number of nitrogens with zero attached hydrogens (tertiary/aromatic N) is 1. The summed E-state index contributed by atoms with van der Waals surface area (Å²) in [5.74, 6) is -0.360. The summed E-state index contributed by atoms with van der Waals surface area (Å²) in [6.45, 7) is 3.27. The molecule has 0 radical (unpaired) electrons. The van der Waals surface area contributed by atoms with Gasteiger partial charge in [0.1, 0.15) is 0 Å². The minimum absolute atomic E-state index is 0.0550. The highest BCUT2D eigenvalue weighted by molar-refractivity contribution is 6.30. The number of nitrogens with one attached hydrogen (secondary N) is 1. The molecule has 2 aromatic carbocycles. The quantitative estimate of drug-likeness (QED) is 0.662. The minimum Gasteiger partial charge on any atom is -0.474 e. The molecule has 6 nitrogen and oxygen atoms in total. The largest absolute Gasteiger partial charge is 0.474 e. The number of nitro benzene ring substituents is 1. The Bertz CT molecular complexity index is 731. The maximum atomic E-state index is 12.1. The molecule has 0 saturated carbocycles.